The van der Waals surface area contributed by atoms with Gasteiger partial charge >= 0.3 is 0 Å². The molecule has 2 heterocycles. The van der Waals surface area contributed by atoms with E-state index in [9.17, 15) is 4.79 Å². The number of hydrogen-bond acceptors (Lipinski definition) is 3. The molecule has 2 aromatic heterocycles. The second-order valence-electron chi connectivity index (χ2n) is 5.33. The van der Waals surface area contributed by atoms with Gasteiger partial charge in [-0.25, -0.2) is 0 Å². The van der Waals surface area contributed by atoms with Gasteiger partial charge in [-0.15, -0.1) is 11.3 Å². The molecule has 0 aliphatic carbocycles. The summed E-state index contributed by atoms with van der Waals surface area (Å²) in [4.78, 5) is 13.9. The first kappa shape index (κ1) is 14.8. The maximum atomic E-state index is 12.0. The molecule has 1 N–H and O–H groups in total. The summed E-state index contributed by atoms with van der Waals surface area (Å²) in [7, 11) is 0. The number of aromatic nitrogens is 2. The molecule has 0 spiro atoms. The highest BCUT2D eigenvalue weighted by Gasteiger charge is 2.11. The van der Waals surface area contributed by atoms with Crippen LogP contribution in [0.2, 0.25) is 0 Å². The molecule has 0 saturated heterocycles. The average Bonchev–Trinajstić information content (AvgIpc) is 2.93. The first-order valence-corrected chi connectivity index (χ1v) is 7.63. The number of carbonyl (C=O) groups excluding carboxylic acids is 1. The van der Waals surface area contributed by atoms with Crippen LogP contribution >= 0.6 is 11.3 Å². The lowest BCUT2D eigenvalue weighted by atomic mass is 10.2. The standard InChI is InChI=1S/C15H21N3OS/c1-10(9-18-12(3)7-11(2)17-18)8-16-15(19)14-6-5-13(4)20-14/h5-7,10H,8-9H2,1-4H3,(H,16,19)/t10-/m0/s1. The van der Waals surface area contributed by atoms with Crippen LogP contribution in [-0.4, -0.2) is 22.2 Å². The van der Waals surface area contributed by atoms with Crippen LogP contribution in [0.5, 0.6) is 0 Å². The van der Waals surface area contributed by atoms with Crippen LogP contribution < -0.4 is 5.32 Å². The second-order valence-corrected chi connectivity index (χ2v) is 6.62. The molecule has 0 saturated carbocycles. The molecule has 0 bridgehead atoms. The van der Waals surface area contributed by atoms with Gasteiger partial charge in [0.1, 0.15) is 0 Å². The first-order valence-electron chi connectivity index (χ1n) is 6.81. The predicted molar refractivity (Wildman–Crippen MR) is 82.3 cm³/mol. The van der Waals surface area contributed by atoms with Gasteiger partial charge in [0, 0.05) is 23.7 Å². The van der Waals surface area contributed by atoms with Crippen molar-refractivity contribution >= 4 is 17.2 Å². The summed E-state index contributed by atoms with van der Waals surface area (Å²) in [6, 6.07) is 5.92. The Morgan fingerprint density at radius 3 is 2.70 bits per heavy atom. The van der Waals surface area contributed by atoms with Gasteiger partial charge < -0.3 is 5.32 Å². The van der Waals surface area contributed by atoms with Crippen molar-refractivity contribution in [3.63, 3.8) is 0 Å². The Morgan fingerprint density at radius 1 is 1.40 bits per heavy atom. The minimum absolute atomic E-state index is 0.0170. The lowest BCUT2D eigenvalue weighted by Gasteiger charge is -2.13. The summed E-state index contributed by atoms with van der Waals surface area (Å²) in [5.41, 5.74) is 2.20. The van der Waals surface area contributed by atoms with Crippen LogP contribution in [0.15, 0.2) is 18.2 Å². The third-order valence-electron chi connectivity index (χ3n) is 3.16. The topological polar surface area (TPSA) is 46.9 Å². The fraction of sp³-hybridized carbons (Fsp3) is 0.467. The SMILES string of the molecule is Cc1cc(C)n(C[C@@H](C)CNC(=O)c2ccc(C)s2)n1. The van der Waals surface area contributed by atoms with Gasteiger partial charge in [0.25, 0.3) is 5.91 Å². The van der Waals surface area contributed by atoms with Crippen molar-refractivity contribution in [1.82, 2.24) is 15.1 Å². The van der Waals surface area contributed by atoms with E-state index in [1.54, 1.807) is 0 Å². The van der Waals surface area contributed by atoms with Crippen LogP contribution in [0.4, 0.5) is 0 Å². The van der Waals surface area contributed by atoms with E-state index in [4.69, 9.17) is 0 Å². The molecular formula is C15H21N3OS. The van der Waals surface area contributed by atoms with E-state index in [-0.39, 0.29) is 5.91 Å². The normalized spacial score (nSPS) is 12.4. The lowest BCUT2D eigenvalue weighted by Crippen LogP contribution is -2.29. The molecule has 2 aromatic rings. The quantitative estimate of drug-likeness (QED) is 0.920. The van der Waals surface area contributed by atoms with Crippen LogP contribution in [0, 0.1) is 26.7 Å². The summed E-state index contributed by atoms with van der Waals surface area (Å²) in [5, 5.41) is 7.43. The van der Waals surface area contributed by atoms with E-state index in [1.807, 2.05) is 30.7 Å². The highest BCUT2D eigenvalue weighted by atomic mass is 32.1. The summed E-state index contributed by atoms with van der Waals surface area (Å²) < 4.78 is 2.00. The van der Waals surface area contributed by atoms with Crippen molar-refractivity contribution in [2.45, 2.75) is 34.2 Å². The maximum absolute atomic E-state index is 12.0. The highest BCUT2D eigenvalue weighted by molar-refractivity contribution is 7.13. The Hall–Kier alpha value is -1.62. The number of rotatable bonds is 5. The van der Waals surface area contributed by atoms with E-state index >= 15 is 0 Å². The monoisotopic (exact) mass is 291 g/mol. The Kier molecular flexibility index (Phi) is 4.60. The first-order chi connectivity index (χ1) is 9.45. The molecule has 5 heteroatoms. The number of hydrogen-bond donors (Lipinski definition) is 1. The van der Waals surface area contributed by atoms with Gasteiger partial charge in [0.2, 0.25) is 0 Å². The molecule has 108 valence electrons. The van der Waals surface area contributed by atoms with Crippen LogP contribution in [0.3, 0.4) is 0 Å². The van der Waals surface area contributed by atoms with Crippen molar-refractivity contribution in [1.29, 1.82) is 0 Å². The summed E-state index contributed by atoms with van der Waals surface area (Å²) in [6.07, 6.45) is 0. The summed E-state index contributed by atoms with van der Waals surface area (Å²) >= 11 is 1.53. The predicted octanol–water partition coefficient (Wildman–Crippen LogP) is 2.94. The zero-order valence-corrected chi connectivity index (χ0v) is 13.3. The Labute approximate surface area is 123 Å². The van der Waals surface area contributed by atoms with Gasteiger partial charge in [-0.2, -0.15) is 5.10 Å². The van der Waals surface area contributed by atoms with E-state index in [1.165, 1.54) is 11.3 Å². The van der Waals surface area contributed by atoms with E-state index in [0.717, 1.165) is 27.7 Å². The minimum Gasteiger partial charge on any atom is -0.351 e. The number of amides is 1. The number of nitrogens with zero attached hydrogens (tertiary/aromatic N) is 2. The third-order valence-corrected chi connectivity index (χ3v) is 4.16. The number of thiophene rings is 1. The molecule has 2 rings (SSSR count). The van der Waals surface area contributed by atoms with Crippen molar-refractivity contribution < 1.29 is 4.79 Å². The van der Waals surface area contributed by atoms with Crippen molar-refractivity contribution in [2.75, 3.05) is 6.54 Å². The zero-order valence-electron chi connectivity index (χ0n) is 12.4. The highest BCUT2D eigenvalue weighted by Crippen LogP contribution is 2.14. The molecule has 1 amide bonds. The van der Waals surface area contributed by atoms with Crippen molar-refractivity contribution in [3.8, 4) is 0 Å². The lowest BCUT2D eigenvalue weighted by molar-refractivity contribution is 0.0950. The van der Waals surface area contributed by atoms with E-state index in [2.05, 4.69) is 30.3 Å². The Morgan fingerprint density at radius 2 is 2.15 bits per heavy atom. The van der Waals surface area contributed by atoms with Crippen LogP contribution in [0.1, 0.15) is 32.9 Å². The van der Waals surface area contributed by atoms with Gasteiger partial charge in [-0.05, 0) is 44.9 Å². The van der Waals surface area contributed by atoms with Gasteiger partial charge in [-0.3, -0.25) is 9.48 Å². The van der Waals surface area contributed by atoms with E-state index < -0.39 is 0 Å². The maximum Gasteiger partial charge on any atom is 0.261 e. The molecule has 0 aromatic carbocycles. The fourth-order valence-electron chi connectivity index (χ4n) is 2.13. The average molecular weight is 291 g/mol. The Balaban J connectivity index is 1.84. The molecule has 0 aliphatic heterocycles. The molecule has 20 heavy (non-hydrogen) atoms. The van der Waals surface area contributed by atoms with Gasteiger partial charge in [0.15, 0.2) is 0 Å². The molecule has 0 aliphatic rings. The second kappa shape index (κ2) is 6.22. The largest absolute Gasteiger partial charge is 0.351 e. The smallest absolute Gasteiger partial charge is 0.261 e. The van der Waals surface area contributed by atoms with Gasteiger partial charge in [-0.1, -0.05) is 6.92 Å². The fourth-order valence-corrected chi connectivity index (χ4v) is 2.91. The van der Waals surface area contributed by atoms with Crippen molar-refractivity contribution in [3.05, 3.63) is 39.3 Å². The molecule has 1 atom stereocenters. The van der Waals surface area contributed by atoms with E-state index in [0.29, 0.717) is 12.5 Å². The summed E-state index contributed by atoms with van der Waals surface area (Å²) in [5.74, 6) is 0.362. The molecule has 0 unspecified atom stereocenters. The number of nitrogens with one attached hydrogen (secondary N) is 1. The summed E-state index contributed by atoms with van der Waals surface area (Å²) in [6.45, 7) is 9.66. The third kappa shape index (κ3) is 3.70. The Bertz CT molecular complexity index is 600. The molecule has 0 fully saturated rings. The van der Waals surface area contributed by atoms with Crippen LogP contribution in [-0.2, 0) is 6.54 Å². The van der Waals surface area contributed by atoms with Crippen LogP contribution in [0.25, 0.3) is 0 Å². The molecule has 4 nitrogen and oxygen atoms in total. The molecular weight excluding hydrogens is 270 g/mol. The zero-order chi connectivity index (χ0) is 14.7. The minimum atomic E-state index is 0.0170. The van der Waals surface area contributed by atoms with Gasteiger partial charge in [0.05, 0.1) is 10.6 Å². The van der Waals surface area contributed by atoms with Crippen molar-refractivity contribution in [2.24, 2.45) is 5.92 Å². The number of aryl methyl sites for hydroxylation is 3. The number of carbonyl (C=O) groups is 1. The molecule has 0 radical (unpaired) electrons.